The van der Waals surface area contributed by atoms with E-state index in [-0.39, 0.29) is 11.9 Å². The number of hydrogen-bond acceptors (Lipinski definition) is 4. The van der Waals surface area contributed by atoms with Gasteiger partial charge in [-0.1, -0.05) is 18.2 Å². The zero-order valence-electron chi connectivity index (χ0n) is 15.0. The first-order valence-electron chi connectivity index (χ1n) is 9.14. The van der Waals surface area contributed by atoms with Crippen LogP contribution in [0.5, 0.6) is 0 Å². The van der Waals surface area contributed by atoms with Crippen LogP contribution in [-0.4, -0.2) is 42.5 Å². The molecule has 5 rings (SSSR count). The number of pyridine rings is 1. The Hall–Kier alpha value is -3.74. The molecule has 1 amide bonds. The Kier molecular flexibility index (Phi) is 3.97. The first-order chi connectivity index (χ1) is 13.8. The van der Waals surface area contributed by atoms with Crippen LogP contribution in [0.3, 0.4) is 0 Å². The number of H-pyrrole nitrogens is 2. The molecular weight excluding hydrogens is 352 g/mol. The number of amides is 1. The molecule has 7 heteroatoms. The molecule has 1 aromatic carbocycles. The first-order valence-corrected chi connectivity index (χ1v) is 9.14. The van der Waals surface area contributed by atoms with Crippen molar-refractivity contribution in [2.75, 3.05) is 6.54 Å². The molecule has 0 aliphatic carbocycles. The number of rotatable bonds is 3. The molecule has 0 radical (unpaired) electrons. The Morgan fingerprint density at radius 1 is 1.11 bits per heavy atom. The number of nitrogens with one attached hydrogen (secondary N) is 2. The van der Waals surface area contributed by atoms with E-state index < -0.39 is 0 Å². The predicted octanol–water partition coefficient (Wildman–Crippen LogP) is 2.98. The molecule has 1 aliphatic rings. The zero-order chi connectivity index (χ0) is 18.9. The summed E-state index contributed by atoms with van der Waals surface area (Å²) in [6.07, 6.45) is 7.70. The summed E-state index contributed by atoms with van der Waals surface area (Å²) in [5.74, 6) is -0.0151. The summed E-state index contributed by atoms with van der Waals surface area (Å²) in [4.78, 5) is 27.2. The van der Waals surface area contributed by atoms with Crippen LogP contribution in [0.1, 0.15) is 33.4 Å². The largest absolute Gasteiger partial charge is 0.348 e. The maximum Gasteiger partial charge on any atom is 0.254 e. The number of carbonyl (C=O) groups is 1. The molecule has 0 saturated carbocycles. The number of fused-ring (bicyclic) bond motifs is 1. The average molecular weight is 370 g/mol. The molecule has 3 aromatic heterocycles. The van der Waals surface area contributed by atoms with Crippen LogP contribution in [0.25, 0.3) is 11.3 Å². The highest BCUT2D eigenvalue weighted by molar-refractivity contribution is 5.95. The number of carbonyl (C=O) groups excluding carboxylic acids is 1. The molecular formula is C21H18N6O. The molecule has 4 heterocycles. The monoisotopic (exact) mass is 370 g/mol. The smallest absolute Gasteiger partial charge is 0.254 e. The van der Waals surface area contributed by atoms with E-state index in [1.54, 1.807) is 24.9 Å². The molecule has 0 spiro atoms. The van der Waals surface area contributed by atoms with E-state index in [0.717, 1.165) is 34.6 Å². The van der Waals surface area contributed by atoms with Gasteiger partial charge in [0.05, 0.1) is 17.7 Å². The SMILES string of the molecule is O=C(c1ccc(-c2ccn[nH]2)cc1)N1CCc2[nH]cnc2C1c1cccnc1. The van der Waals surface area contributed by atoms with Crippen molar-refractivity contribution in [1.82, 2.24) is 30.0 Å². The van der Waals surface area contributed by atoms with Gasteiger partial charge in [-0.2, -0.15) is 5.10 Å². The molecule has 0 saturated heterocycles. The Morgan fingerprint density at radius 2 is 2.00 bits per heavy atom. The number of benzene rings is 1. The number of hydrogen-bond donors (Lipinski definition) is 2. The predicted molar refractivity (Wildman–Crippen MR) is 103 cm³/mol. The zero-order valence-corrected chi connectivity index (χ0v) is 15.0. The Labute approximate surface area is 161 Å². The highest BCUT2D eigenvalue weighted by atomic mass is 16.2. The molecule has 0 fully saturated rings. The number of aromatic amines is 2. The second-order valence-corrected chi connectivity index (χ2v) is 6.75. The number of aromatic nitrogens is 5. The van der Waals surface area contributed by atoms with Crippen molar-refractivity contribution >= 4 is 5.91 Å². The van der Waals surface area contributed by atoms with Gasteiger partial charge < -0.3 is 9.88 Å². The first kappa shape index (κ1) is 16.4. The maximum absolute atomic E-state index is 13.4. The maximum atomic E-state index is 13.4. The summed E-state index contributed by atoms with van der Waals surface area (Å²) in [6.45, 7) is 0.621. The van der Waals surface area contributed by atoms with E-state index in [2.05, 4.69) is 25.1 Å². The molecule has 2 N–H and O–H groups in total. The molecule has 138 valence electrons. The van der Waals surface area contributed by atoms with Crippen LogP contribution in [0.15, 0.2) is 67.4 Å². The van der Waals surface area contributed by atoms with Crippen molar-refractivity contribution in [3.8, 4) is 11.3 Å². The third-order valence-corrected chi connectivity index (χ3v) is 5.13. The van der Waals surface area contributed by atoms with Gasteiger partial charge in [-0.3, -0.25) is 14.9 Å². The van der Waals surface area contributed by atoms with E-state index in [1.165, 1.54) is 0 Å². The Balaban J connectivity index is 1.49. The van der Waals surface area contributed by atoms with Crippen LogP contribution >= 0.6 is 0 Å². The van der Waals surface area contributed by atoms with E-state index in [4.69, 9.17) is 0 Å². The lowest BCUT2D eigenvalue weighted by atomic mass is 9.95. The van der Waals surface area contributed by atoms with Crippen molar-refractivity contribution in [3.63, 3.8) is 0 Å². The number of nitrogens with zero attached hydrogens (tertiary/aromatic N) is 4. The molecule has 28 heavy (non-hydrogen) atoms. The van der Waals surface area contributed by atoms with Gasteiger partial charge in [0, 0.05) is 42.8 Å². The quantitative estimate of drug-likeness (QED) is 0.580. The molecule has 1 aliphatic heterocycles. The second-order valence-electron chi connectivity index (χ2n) is 6.75. The molecule has 0 bridgehead atoms. The van der Waals surface area contributed by atoms with Gasteiger partial charge in [0.2, 0.25) is 0 Å². The van der Waals surface area contributed by atoms with Crippen LogP contribution in [-0.2, 0) is 6.42 Å². The van der Waals surface area contributed by atoms with E-state index in [9.17, 15) is 4.79 Å². The third-order valence-electron chi connectivity index (χ3n) is 5.13. The Bertz CT molecular complexity index is 1090. The fraction of sp³-hybridized carbons (Fsp3) is 0.143. The van der Waals surface area contributed by atoms with Crippen LogP contribution in [0.2, 0.25) is 0 Å². The lowest BCUT2D eigenvalue weighted by molar-refractivity contribution is 0.0690. The lowest BCUT2D eigenvalue weighted by Crippen LogP contribution is -2.40. The van der Waals surface area contributed by atoms with Crippen molar-refractivity contribution in [2.24, 2.45) is 0 Å². The Morgan fingerprint density at radius 3 is 2.75 bits per heavy atom. The third kappa shape index (κ3) is 2.77. The van der Waals surface area contributed by atoms with E-state index in [1.807, 2.05) is 47.4 Å². The van der Waals surface area contributed by atoms with Crippen molar-refractivity contribution < 1.29 is 4.79 Å². The normalized spacial score (nSPS) is 16.0. The van der Waals surface area contributed by atoms with Gasteiger partial charge in [-0.15, -0.1) is 0 Å². The highest BCUT2D eigenvalue weighted by Crippen LogP contribution is 2.34. The van der Waals surface area contributed by atoms with Gasteiger partial charge in [0.1, 0.15) is 6.04 Å². The summed E-state index contributed by atoms with van der Waals surface area (Å²) >= 11 is 0. The van der Waals surface area contributed by atoms with E-state index in [0.29, 0.717) is 12.1 Å². The summed E-state index contributed by atoms with van der Waals surface area (Å²) in [7, 11) is 0. The van der Waals surface area contributed by atoms with Gasteiger partial charge in [-0.05, 0) is 35.4 Å². The van der Waals surface area contributed by atoms with Gasteiger partial charge in [-0.25, -0.2) is 4.98 Å². The summed E-state index contributed by atoms with van der Waals surface area (Å²) in [5, 5.41) is 6.91. The minimum Gasteiger partial charge on any atom is -0.348 e. The highest BCUT2D eigenvalue weighted by Gasteiger charge is 2.34. The van der Waals surface area contributed by atoms with Crippen LogP contribution < -0.4 is 0 Å². The number of imidazole rings is 1. The molecule has 7 nitrogen and oxygen atoms in total. The standard InChI is InChI=1S/C21H18N6O/c28-21(15-5-3-14(4-6-15)17-7-10-25-26-17)27-11-8-18-19(24-13-23-18)20(27)16-2-1-9-22-12-16/h1-7,9-10,12-13,20H,8,11H2,(H,23,24)(H,25,26). The summed E-state index contributed by atoms with van der Waals surface area (Å²) in [6, 6.07) is 13.1. The van der Waals surface area contributed by atoms with Crippen molar-refractivity contribution in [1.29, 1.82) is 0 Å². The van der Waals surface area contributed by atoms with Crippen molar-refractivity contribution in [2.45, 2.75) is 12.5 Å². The fourth-order valence-corrected chi connectivity index (χ4v) is 3.75. The lowest BCUT2D eigenvalue weighted by Gasteiger charge is -2.35. The minimum absolute atomic E-state index is 0.0151. The van der Waals surface area contributed by atoms with Gasteiger partial charge in [0.15, 0.2) is 0 Å². The van der Waals surface area contributed by atoms with Crippen LogP contribution in [0, 0.1) is 0 Å². The van der Waals surface area contributed by atoms with Crippen LogP contribution in [0.4, 0.5) is 0 Å². The molecule has 1 unspecified atom stereocenters. The summed E-state index contributed by atoms with van der Waals surface area (Å²) < 4.78 is 0. The van der Waals surface area contributed by atoms with Crippen molar-refractivity contribution in [3.05, 3.63) is 89.9 Å². The fourth-order valence-electron chi connectivity index (χ4n) is 3.75. The average Bonchev–Trinajstić information content (AvgIpc) is 3.45. The van der Waals surface area contributed by atoms with Gasteiger partial charge >= 0.3 is 0 Å². The summed E-state index contributed by atoms with van der Waals surface area (Å²) in [5.41, 5.74) is 5.49. The molecule has 4 aromatic rings. The van der Waals surface area contributed by atoms with Gasteiger partial charge in [0.25, 0.3) is 5.91 Å². The van der Waals surface area contributed by atoms with E-state index >= 15 is 0 Å². The second kappa shape index (κ2) is 6.77. The minimum atomic E-state index is -0.247. The topological polar surface area (TPSA) is 90.6 Å². The molecule has 1 atom stereocenters.